The first kappa shape index (κ1) is 12.2. The predicted octanol–water partition coefficient (Wildman–Crippen LogP) is 0.411. The Morgan fingerprint density at radius 1 is 1.33 bits per heavy atom. The normalized spacial score (nSPS) is 10.3. The van der Waals surface area contributed by atoms with Crippen LogP contribution in [0.25, 0.3) is 0 Å². The van der Waals surface area contributed by atoms with E-state index in [0.717, 1.165) is 5.56 Å². The van der Waals surface area contributed by atoms with Crippen molar-refractivity contribution < 1.29 is 4.79 Å². The summed E-state index contributed by atoms with van der Waals surface area (Å²) in [7, 11) is 3.50. The Hall–Kier alpha value is -2.24. The number of nitrogens with zero attached hydrogens (tertiary/aromatic N) is 5. The highest BCUT2D eigenvalue weighted by Gasteiger charge is 2.13. The van der Waals surface area contributed by atoms with Gasteiger partial charge in [-0.15, -0.1) is 5.10 Å². The maximum atomic E-state index is 12.0. The first-order valence-corrected chi connectivity index (χ1v) is 5.66. The fraction of sp³-hybridized carbons (Fsp3) is 0.333. The van der Waals surface area contributed by atoms with E-state index in [2.05, 4.69) is 15.5 Å². The topological polar surface area (TPSA) is 63.9 Å². The molecule has 0 radical (unpaired) electrons. The number of aromatic nitrogens is 4. The molecule has 2 aromatic rings. The molecule has 0 aliphatic carbocycles. The highest BCUT2D eigenvalue weighted by molar-refractivity contribution is 5.77. The Morgan fingerprint density at radius 3 is 2.67 bits per heavy atom. The van der Waals surface area contributed by atoms with Gasteiger partial charge in [0.25, 0.3) is 0 Å². The number of likely N-dealkylation sites (N-methyl/N-ethyl adjacent to an activating group) is 1. The lowest BCUT2D eigenvalue weighted by Gasteiger charge is -2.16. The summed E-state index contributed by atoms with van der Waals surface area (Å²) < 4.78 is 1.51. The summed E-state index contributed by atoms with van der Waals surface area (Å²) in [6.45, 7) is 0.588. The smallest absolute Gasteiger partial charge is 0.230 e. The summed E-state index contributed by atoms with van der Waals surface area (Å²) >= 11 is 0. The van der Waals surface area contributed by atoms with Crippen LogP contribution in [-0.2, 0) is 24.8 Å². The molecule has 0 unspecified atom stereocenters. The maximum Gasteiger partial charge on any atom is 0.230 e. The van der Waals surface area contributed by atoms with Crippen molar-refractivity contribution in [3.63, 3.8) is 0 Å². The van der Waals surface area contributed by atoms with Crippen LogP contribution in [0.5, 0.6) is 0 Å². The van der Waals surface area contributed by atoms with Crippen molar-refractivity contribution in [2.75, 3.05) is 7.05 Å². The Morgan fingerprint density at radius 2 is 2.06 bits per heavy atom. The van der Waals surface area contributed by atoms with Crippen molar-refractivity contribution in [1.82, 2.24) is 25.1 Å². The molecule has 1 aromatic heterocycles. The zero-order valence-corrected chi connectivity index (χ0v) is 10.4. The summed E-state index contributed by atoms with van der Waals surface area (Å²) in [5, 5.41) is 11.0. The molecule has 0 aliphatic rings. The minimum Gasteiger partial charge on any atom is -0.341 e. The molecule has 94 valence electrons. The average Bonchev–Trinajstić information content (AvgIpc) is 2.76. The van der Waals surface area contributed by atoms with Gasteiger partial charge in [0.05, 0.1) is 6.42 Å². The first-order valence-electron chi connectivity index (χ1n) is 5.66. The number of aryl methyl sites for hydroxylation is 1. The Labute approximate surface area is 105 Å². The van der Waals surface area contributed by atoms with Gasteiger partial charge in [0, 0.05) is 20.6 Å². The molecular weight excluding hydrogens is 230 g/mol. The quantitative estimate of drug-likeness (QED) is 0.782. The molecule has 0 N–H and O–H groups in total. The molecule has 0 fully saturated rings. The van der Waals surface area contributed by atoms with Gasteiger partial charge in [-0.1, -0.05) is 30.3 Å². The monoisotopic (exact) mass is 245 g/mol. The lowest BCUT2D eigenvalue weighted by atomic mass is 10.2. The lowest BCUT2D eigenvalue weighted by Crippen LogP contribution is -2.28. The van der Waals surface area contributed by atoms with Crippen molar-refractivity contribution in [1.29, 1.82) is 0 Å². The molecule has 1 amide bonds. The van der Waals surface area contributed by atoms with Crippen LogP contribution in [0.2, 0.25) is 0 Å². The number of hydrogen-bond donors (Lipinski definition) is 0. The minimum atomic E-state index is -0.00301. The van der Waals surface area contributed by atoms with E-state index in [1.807, 2.05) is 30.3 Å². The van der Waals surface area contributed by atoms with E-state index in [0.29, 0.717) is 12.4 Å². The molecule has 2 rings (SSSR count). The van der Waals surface area contributed by atoms with Gasteiger partial charge < -0.3 is 4.90 Å². The van der Waals surface area contributed by atoms with Gasteiger partial charge in [-0.05, 0) is 16.0 Å². The zero-order chi connectivity index (χ0) is 13.0. The van der Waals surface area contributed by atoms with Gasteiger partial charge in [0.2, 0.25) is 5.91 Å². The first-order chi connectivity index (χ1) is 8.66. The summed E-state index contributed by atoms with van der Waals surface area (Å²) in [6.07, 6.45) is 0.215. The minimum absolute atomic E-state index is 0.00301. The molecule has 0 saturated carbocycles. The van der Waals surface area contributed by atoms with Gasteiger partial charge in [-0.3, -0.25) is 4.79 Å². The predicted molar refractivity (Wildman–Crippen MR) is 65.4 cm³/mol. The fourth-order valence-electron chi connectivity index (χ4n) is 1.61. The van der Waals surface area contributed by atoms with E-state index in [1.54, 1.807) is 19.0 Å². The number of hydrogen-bond acceptors (Lipinski definition) is 4. The Kier molecular flexibility index (Phi) is 3.66. The molecule has 0 atom stereocenters. The molecule has 0 saturated heterocycles. The number of amides is 1. The molecular formula is C12H15N5O. The lowest BCUT2D eigenvalue weighted by molar-refractivity contribution is -0.129. The Bertz CT molecular complexity index is 522. The van der Waals surface area contributed by atoms with E-state index in [4.69, 9.17) is 0 Å². The van der Waals surface area contributed by atoms with Crippen molar-refractivity contribution in [3.05, 3.63) is 41.7 Å². The van der Waals surface area contributed by atoms with Crippen molar-refractivity contribution >= 4 is 5.91 Å². The molecule has 0 bridgehead atoms. The number of benzene rings is 1. The van der Waals surface area contributed by atoms with Crippen LogP contribution in [0.3, 0.4) is 0 Å². The molecule has 0 aliphatic heterocycles. The van der Waals surface area contributed by atoms with Crippen molar-refractivity contribution in [2.24, 2.45) is 7.05 Å². The SMILES string of the molecule is CN(Cc1ccccc1)C(=O)Cc1nnnn1C. The van der Waals surface area contributed by atoms with Crippen LogP contribution in [-0.4, -0.2) is 38.1 Å². The second kappa shape index (κ2) is 5.39. The largest absolute Gasteiger partial charge is 0.341 e. The van der Waals surface area contributed by atoms with Crippen LogP contribution in [0.1, 0.15) is 11.4 Å². The Balaban J connectivity index is 1.95. The van der Waals surface area contributed by atoms with E-state index in [1.165, 1.54) is 4.68 Å². The van der Waals surface area contributed by atoms with Gasteiger partial charge in [-0.25, -0.2) is 4.68 Å². The average molecular weight is 245 g/mol. The third kappa shape index (κ3) is 2.91. The number of rotatable bonds is 4. The number of tetrazole rings is 1. The number of carbonyl (C=O) groups excluding carboxylic acids is 1. The highest BCUT2D eigenvalue weighted by Crippen LogP contribution is 2.04. The zero-order valence-electron chi connectivity index (χ0n) is 10.4. The van der Waals surface area contributed by atoms with E-state index in [-0.39, 0.29) is 12.3 Å². The second-order valence-electron chi connectivity index (χ2n) is 4.13. The van der Waals surface area contributed by atoms with Crippen LogP contribution >= 0.6 is 0 Å². The highest BCUT2D eigenvalue weighted by atomic mass is 16.2. The van der Waals surface area contributed by atoms with Crippen molar-refractivity contribution in [2.45, 2.75) is 13.0 Å². The molecule has 6 nitrogen and oxygen atoms in total. The van der Waals surface area contributed by atoms with Crippen LogP contribution in [0.15, 0.2) is 30.3 Å². The van der Waals surface area contributed by atoms with E-state index in [9.17, 15) is 4.79 Å². The van der Waals surface area contributed by atoms with Gasteiger partial charge >= 0.3 is 0 Å². The molecule has 0 spiro atoms. The third-order valence-electron chi connectivity index (χ3n) is 2.71. The summed E-state index contributed by atoms with van der Waals surface area (Å²) in [5.74, 6) is 0.566. The molecule has 6 heteroatoms. The van der Waals surface area contributed by atoms with E-state index >= 15 is 0 Å². The van der Waals surface area contributed by atoms with Gasteiger partial charge in [-0.2, -0.15) is 0 Å². The van der Waals surface area contributed by atoms with Gasteiger partial charge in [0.15, 0.2) is 5.82 Å². The van der Waals surface area contributed by atoms with Gasteiger partial charge in [0.1, 0.15) is 0 Å². The van der Waals surface area contributed by atoms with Crippen LogP contribution in [0.4, 0.5) is 0 Å². The molecule has 1 heterocycles. The number of carbonyl (C=O) groups is 1. The molecule has 1 aromatic carbocycles. The summed E-state index contributed by atoms with van der Waals surface area (Å²) in [6, 6.07) is 9.86. The standard InChI is InChI=1S/C12H15N5O/c1-16(9-10-6-4-3-5-7-10)12(18)8-11-13-14-15-17(11)2/h3-7H,8-9H2,1-2H3. The second-order valence-corrected chi connectivity index (χ2v) is 4.13. The fourth-order valence-corrected chi connectivity index (χ4v) is 1.61. The summed E-state index contributed by atoms with van der Waals surface area (Å²) in [5.41, 5.74) is 1.10. The summed E-state index contributed by atoms with van der Waals surface area (Å²) in [4.78, 5) is 13.7. The van der Waals surface area contributed by atoms with E-state index < -0.39 is 0 Å². The maximum absolute atomic E-state index is 12.0. The molecule has 18 heavy (non-hydrogen) atoms. The van der Waals surface area contributed by atoms with Crippen LogP contribution in [0, 0.1) is 0 Å². The van der Waals surface area contributed by atoms with Crippen molar-refractivity contribution in [3.8, 4) is 0 Å². The van der Waals surface area contributed by atoms with Crippen LogP contribution < -0.4 is 0 Å². The third-order valence-corrected chi connectivity index (χ3v) is 2.71.